The molecule has 1 aliphatic rings. The van der Waals surface area contributed by atoms with E-state index < -0.39 is 10.0 Å². The molecule has 1 aromatic rings. The molecule has 18 heavy (non-hydrogen) atoms. The van der Waals surface area contributed by atoms with E-state index in [1.165, 1.54) is 6.42 Å². The van der Waals surface area contributed by atoms with Crippen LogP contribution in [0, 0.1) is 12.3 Å². The normalized spacial score (nSPS) is 18.3. The van der Waals surface area contributed by atoms with E-state index in [-0.39, 0.29) is 5.41 Å². The molecule has 0 unspecified atom stereocenters. The van der Waals surface area contributed by atoms with Crippen molar-refractivity contribution in [3.63, 3.8) is 0 Å². The quantitative estimate of drug-likeness (QED) is 0.891. The second-order valence-electron chi connectivity index (χ2n) is 5.30. The minimum Gasteiger partial charge on any atom is -0.211 e. The van der Waals surface area contributed by atoms with Gasteiger partial charge in [-0.2, -0.15) is 0 Å². The van der Waals surface area contributed by atoms with Gasteiger partial charge in [0.25, 0.3) is 0 Å². The lowest BCUT2D eigenvalue weighted by molar-refractivity contribution is 0.133. The number of rotatable bonds is 5. The first kappa shape index (κ1) is 13.6. The Kier molecular flexibility index (Phi) is 3.78. The highest BCUT2D eigenvalue weighted by molar-refractivity contribution is 7.89. The summed E-state index contributed by atoms with van der Waals surface area (Å²) in [7, 11) is -3.36. The second kappa shape index (κ2) is 5.02. The molecule has 100 valence electrons. The maximum atomic E-state index is 12.2. The third-order valence-corrected chi connectivity index (χ3v) is 5.75. The van der Waals surface area contributed by atoms with Crippen LogP contribution in [0.2, 0.25) is 0 Å². The van der Waals surface area contributed by atoms with Crippen molar-refractivity contribution in [2.75, 3.05) is 6.54 Å². The standard InChI is InChI=1S/C14H21NO2S/c1-3-14(9-6-10-14)11-15-18(16,17)13-8-5-4-7-12(13)2/h4-5,7-8,15H,3,6,9-11H2,1-2H3. The zero-order chi connectivity index (χ0) is 13.2. The van der Waals surface area contributed by atoms with E-state index >= 15 is 0 Å². The molecule has 1 aliphatic carbocycles. The Morgan fingerprint density at radius 2 is 1.94 bits per heavy atom. The van der Waals surface area contributed by atoms with Gasteiger partial charge in [0.1, 0.15) is 0 Å². The Balaban J connectivity index is 2.11. The van der Waals surface area contributed by atoms with Gasteiger partial charge in [0.05, 0.1) is 4.90 Å². The van der Waals surface area contributed by atoms with Crippen molar-refractivity contribution >= 4 is 10.0 Å². The fourth-order valence-corrected chi connectivity index (χ4v) is 3.92. The minimum absolute atomic E-state index is 0.204. The van der Waals surface area contributed by atoms with Crippen molar-refractivity contribution in [2.24, 2.45) is 5.41 Å². The van der Waals surface area contributed by atoms with Gasteiger partial charge < -0.3 is 0 Å². The summed E-state index contributed by atoms with van der Waals surface area (Å²) in [5.74, 6) is 0. The third-order valence-electron chi connectivity index (χ3n) is 4.18. The molecular formula is C14H21NO2S. The van der Waals surface area contributed by atoms with Gasteiger partial charge in [0, 0.05) is 6.54 Å². The molecule has 0 aliphatic heterocycles. The number of hydrogen-bond acceptors (Lipinski definition) is 2. The number of sulfonamides is 1. The van der Waals surface area contributed by atoms with Crippen LogP contribution in [-0.4, -0.2) is 15.0 Å². The third kappa shape index (κ3) is 2.59. The van der Waals surface area contributed by atoms with Crippen LogP contribution in [0.15, 0.2) is 29.2 Å². The second-order valence-corrected chi connectivity index (χ2v) is 7.03. The van der Waals surface area contributed by atoms with Gasteiger partial charge in [-0.15, -0.1) is 0 Å². The fourth-order valence-electron chi connectivity index (χ4n) is 2.52. The number of benzene rings is 1. The molecule has 1 saturated carbocycles. The zero-order valence-corrected chi connectivity index (χ0v) is 11.9. The number of hydrogen-bond donors (Lipinski definition) is 1. The molecule has 4 heteroatoms. The summed E-state index contributed by atoms with van der Waals surface area (Å²) in [6.45, 7) is 4.54. The van der Waals surface area contributed by atoms with Gasteiger partial charge >= 0.3 is 0 Å². The summed E-state index contributed by atoms with van der Waals surface area (Å²) in [5, 5.41) is 0. The van der Waals surface area contributed by atoms with Crippen molar-refractivity contribution in [1.29, 1.82) is 0 Å². The highest BCUT2D eigenvalue weighted by Crippen LogP contribution is 2.43. The molecule has 1 aromatic carbocycles. The van der Waals surface area contributed by atoms with Crippen molar-refractivity contribution in [2.45, 2.75) is 44.4 Å². The largest absolute Gasteiger partial charge is 0.240 e. The van der Waals surface area contributed by atoms with Crippen LogP contribution in [0.25, 0.3) is 0 Å². The van der Waals surface area contributed by atoms with Crippen LogP contribution in [0.4, 0.5) is 0 Å². The molecule has 0 heterocycles. The van der Waals surface area contributed by atoms with Crippen molar-refractivity contribution in [3.8, 4) is 0 Å². The molecule has 0 aromatic heterocycles. The van der Waals surface area contributed by atoms with Gasteiger partial charge in [-0.05, 0) is 43.2 Å². The van der Waals surface area contributed by atoms with E-state index in [4.69, 9.17) is 0 Å². The van der Waals surface area contributed by atoms with Crippen LogP contribution in [0.5, 0.6) is 0 Å². The minimum atomic E-state index is -3.36. The van der Waals surface area contributed by atoms with Gasteiger partial charge in [-0.3, -0.25) is 0 Å². The molecule has 0 amide bonds. The molecular weight excluding hydrogens is 246 g/mol. The Morgan fingerprint density at radius 3 is 2.44 bits per heavy atom. The maximum Gasteiger partial charge on any atom is 0.240 e. The Morgan fingerprint density at radius 1 is 1.28 bits per heavy atom. The Bertz CT molecular complexity index is 513. The van der Waals surface area contributed by atoms with Crippen molar-refractivity contribution < 1.29 is 8.42 Å². The number of nitrogens with one attached hydrogen (secondary N) is 1. The van der Waals surface area contributed by atoms with Gasteiger partial charge in [-0.25, -0.2) is 13.1 Å². The van der Waals surface area contributed by atoms with E-state index in [2.05, 4.69) is 11.6 Å². The molecule has 0 spiro atoms. The first-order valence-corrected chi connectivity index (χ1v) is 8.03. The molecule has 0 bridgehead atoms. The van der Waals surface area contributed by atoms with Crippen LogP contribution in [0.1, 0.15) is 38.2 Å². The van der Waals surface area contributed by atoms with E-state index in [0.29, 0.717) is 11.4 Å². The summed E-state index contributed by atoms with van der Waals surface area (Å²) in [4.78, 5) is 0.399. The van der Waals surface area contributed by atoms with Gasteiger partial charge in [0.15, 0.2) is 0 Å². The molecule has 2 rings (SSSR count). The summed E-state index contributed by atoms with van der Waals surface area (Å²) >= 11 is 0. The average molecular weight is 267 g/mol. The van der Waals surface area contributed by atoms with Crippen LogP contribution < -0.4 is 4.72 Å². The topological polar surface area (TPSA) is 46.2 Å². The molecule has 1 N–H and O–H groups in total. The molecule has 0 saturated heterocycles. The van der Waals surface area contributed by atoms with Crippen LogP contribution in [-0.2, 0) is 10.0 Å². The van der Waals surface area contributed by atoms with E-state index in [1.54, 1.807) is 12.1 Å². The lowest BCUT2D eigenvalue weighted by Gasteiger charge is -2.41. The Labute approximate surface area is 110 Å². The molecule has 1 fully saturated rings. The SMILES string of the molecule is CCC1(CNS(=O)(=O)c2ccccc2C)CCC1. The van der Waals surface area contributed by atoms with Crippen LogP contribution in [0.3, 0.4) is 0 Å². The lowest BCUT2D eigenvalue weighted by Crippen LogP contribution is -2.41. The average Bonchev–Trinajstić information content (AvgIpc) is 2.28. The first-order chi connectivity index (χ1) is 8.49. The smallest absolute Gasteiger partial charge is 0.211 e. The number of aryl methyl sites for hydroxylation is 1. The molecule has 0 atom stereocenters. The van der Waals surface area contributed by atoms with E-state index in [1.807, 2.05) is 19.1 Å². The van der Waals surface area contributed by atoms with Gasteiger partial charge in [-0.1, -0.05) is 31.5 Å². The lowest BCUT2D eigenvalue weighted by atomic mass is 9.67. The molecule has 3 nitrogen and oxygen atoms in total. The van der Waals surface area contributed by atoms with E-state index in [9.17, 15) is 8.42 Å². The fraction of sp³-hybridized carbons (Fsp3) is 0.571. The predicted molar refractivity (Wildman–Crippen MR) is 72.9 cm³/mol. The summed E-state index contributed by atoms with van der Waals surface area (Å²) < 4.78 is 27.3. The first-order valence-electron chi connectivity index (χ1n) is 6.54. The van der Waals surface area contributed by atoms with Crippen LogP contribution >= 0.6 is 0 Å². The summed E-state index contributed by atoms with van der Waals surface area (Å²) in [6.07, 6.45) is 4.54. The van der Waals surface area contributed by atoms with Crippen molar-refractivity contribution in [1.82, 2.24) is 4.72 Å². The monoisotopic (exact) mass is 267 g/mol. The summed E-state index contributed by atoms with van der Waals surface area (Å²) in [6, 6.07) is 7.11. The summed E-state index contributed by atoms with van der Waals surface area (Å²) in [5.41, 5.74) is 1.000. The molecule has 0 radical (unpaired) electrons. The van der Waals surface area contributed by atoms with E-state index in [0.717, 1.165) is 24.8 Å². The zero-order valence-electron chi connectivity index (χ0n) is 11.1. The highest BCUT2D eigenvalue weighted by Gasteiger charge is 2.36. The van der Waals surface area contributed by atoms with Crippen molar-refractivity contribution in [3.05, 3.63) is 29.8 Å². The Hall–Kier alpha value is -0.870. The van der Waals surface area contributed by atoms with Gasteiger partial charge in [0.2, 0.25) is 10.0 Å². The highest BCUT2D eigenvalue weighted by atomic mass is 32.2. The maximum absolute atomic E-state index is 12.2. The predicted octanol–water partition coefficient (Wildman–Crippen LogP) is 2.85.